The number of hydrogen-bond donors (Lipinski definition) is 0. The Labute approximate surface area is 58.1 Å². The van der Waals surface area contributed by atoms with Crippen LogP contribution in [0.3, 0.4) is 0 Å². The van der Waals surface area contributed by atoms with Crippen LogP contribution in [0.15, 0.2) is 0 Å². The van der Waals surface area contributed by atoms with Crippen molar-refractivity contribution < 1.29 is 58.2 Å². The number of hydrogen-bond acceptors (Lipinski definition) is 0. The second kappa shape index (κ2) is 23.5. The molecule has 0 bridgehead atoms. The predicted molar refractivity (Wildman–Crippen MR) is 0.686 cm³/mol. The zero-order valence-corrected chi connectivity index (χ0v) is 4.34. The molecule has 0 aromatic rings. The first-order chi connectivity index (χ1) is 0. The van der Waals surface area contributed by atoms with E-state index in [1.807, 2.05) is 0 Å². The summed E-state index contributed by atoms with van der Waals surface area (Å²) in [7, 11) is 0. The third kappa shape index (κ3) is 9.54. The van der Waals surface area contributed by atoms with Gasteiger partial charge in [-0.25, -0.2) is 0 Å². The molecular weight excluding hydrogens is 137 g/mol. The van der Waals surface area contributed by atoms with Crippen LogP contribution in [0.5, 0.6) is 0 Å². The zero-order valence-electron chi connectivity index (χ0n) is 2.12. The summed E-state index contributed by atoms with van der Waals surface area (Å²) in [6.45, 7) is 0. The van der Waals surface area contributed by atoms with Gasteiger partial charge in [-0.2, -0.15) is 0 Å². The van der Waals surface area contributed by atoms with E-state index in [0.29, 0.717) is 0 Å². The summed E-state index contributed by atoms with van der Waals surface area (Å²) in [6.07, 6.45) is 0. The van der Waals surface area contributed by atoms with Crippen LogP contribution in [0.2, 0.25) is 0 Å². The van der Waals surface area contributed by atoms with E-state index in [1.165, 1.54) is 0 Å². The Morgan fingerprint density at radius 3 is 1.00 bits per heavy atom. The van der Waals surface area contributed by atoms with E-state index in [1.54, 1.807) is 0 Å². The van der Waals surface area contributed by atoms with Gasteiger partial charge in [0.1, 0.15) is 0 Å². The molecule has 0 aromatic carbocycles. The molecule has 0 unspecified atom stereocenters. The van der Waals surface area contributed by atoms with Gasteiger partial charge in [-0.3, -0.25) is 0 Å². The standard InChI is InChI=1S/Co.Li.Mn.O/q+2;+1;+2;-2. The van der Waals surface area contributed by atoms with Crippen LogP contribution >= 0.6 is 0 Å². The van der Waals surface area contributed by atoms with Crippen molar-refractivity contribution in [1.29, 1.82) is 0 Å². The fourth-order valence-corrected chi connectivity index (χ4v) is 0. The molecule has 0 saturated carbocycles. The average molecular weight is 137 g/mol. The van der Waals surface area contributed by atoms with E-state index in [4.69, 9.17) is 0 Å². The smallest absolute Gasteiger partial charge is 2.00 e. The third-order valence-corrected chi connectivity index (χ3v) is 0. The molecular formula is CoLiMnO+3. The normalized spacial score (nSPS) is 0. The van der Waals surface area contributed by atoms with E-state index in [0.717, 1.165) is 0 Å². The first kappa shape index (κ1) is 46.8. The molecule has 0 amide bonds. The quantitative estimate of drug-likeness (QED) is 0.316. The van der Waals surface area contributed by atoms with Gasteiger partial charge in [0.05, 0.1) is 0 Å². The van der Waals surface area contributed by atoms with Gasteiger partial charge >= 0.3 is 52.7 Å². The Morgan fingerprint density at radius 2 is 1.00 bits per heavy atom. The maximum atomic E-state index is 0. The monoisotopic (exact) mass is 137 g/mol. The van der Waals surface area contributed by atoms with E-state index >= 15 is 0 Å². The van der Waals surface area contributed by atoms with Gasteiger partial charge in [-0.15, -0.1) is 0 Å². The second-order valence-electron chi connectivity index (χ2n) is 0. The van der Waals surface area contributed by atoms with Crippen LogP contribution in [0.25, 0.3) is 0 Å². The third-order valence-electron chi connectivity index (χ3n) is 0. The Balaban J connectivity index is 0. The molecule has 1 nitrogen and oxygen atoms in total. The van der Waals surface area contributed by atoms with Crippen molar-refractivity contribution in [2.75, 3.05) is 0 Å². The van der Waals surface area contributed by atoms with E-state index in [2.05, 4.69) is 0 Å². The molecule has 0 saturated heterocycles. The largest absolute Gasteiger partial charge is 2.00 e. The molecule has 4 heteroatoms. The Hall–Kier alpha value is 1.58. The molecule has 0 spiro atoms. The summed E-state index contributed by atoms with van der Waals surface area (Å²) in [4.78, 5) is 0. The molecule has 0 atom stereocenters. The van der Waals surface area contributed by atoms with Gasteiger partial charge in [0, 0.05) is 0 Å². The summed E-state index contributed by atoms with van der Waals surface area (Å²) < 4.78 is 0. The van der Waals surface area contributed by atoms with Crippen molar-refractivity contribution in [2.24, 2.45) is 0 Å². The van der Waals surface area contributed by atoms with Gasteiger partial charge < -0.3 is 5.48 Å². The molecule has 0 aliphatic rings. The van der Waals surface area contributed by atoms with E-state index in [9.17, 15) is 0 Å². The first-order valence-electron chi connectivity index (χ1n) is 0. The van der Waals surface area contributed by atoms with Crippen molar-refractivity contribution in [2.45, 2.75) is 0 Å². The van der Waals surface area contributed by atoms with Crippen LogP contribution < -0.4 is 18.9 Å². The Kier molecular flexibility index (Phi) is 275. The van der Waals surface area contributed by atoms with Crippen LogP contribution in [0.1, 0.15) is 0 Å². The molecule has 0 aliphatic heterocycles. The minimum Gasteiger partial charge on any atom is -2.00 e. The Morgan fingerprint density at radius 1 is 1.00 bits per heavy atom. The molecule has 2 radical (unpaired) electrons. The summed E-state index contributed by atoms with van der Waals surface area (Å²) >= 11 is 0. The van der Waals surface area contributed by atoms with Crippen molar-refractivity contribution in [3.05, 3.63) is 0 Å². The van der Waals surface area contributed by atoms with Crippen molar-refractivity contribution in [1.82, 2.24) is 0 Å². The summed E-state index contributed by atoms with van der Waals surface area (Å²) in [6, 6.07) is 0. The van der Waals surface area contributed by atoms with Crippen LogP contribution in [-0.4, -0.2) is 0 Å². The predicted octanol–water partition coefficient (Wildman–Crippen LogP) is -3.12. The molecule has 0 aromatic heterocycles. The fraction of sp³-hybridized carbons (Fsp3) is 0. The van der Waals surface area contributed by atoms with Gasteiger partial charge in [-0.1, -0.05) is 0 Å². The van der Waals surface area contributed by atoms with Crippen LogP contribution in [-0.2, 0) is 39.3 Å². The molecule has 0 rings (SSSR count). The van der Waals surface area contributed by atoms with E-state index < -0.39 is 0 Å². The molecule has 20 valence electrons. The molecule has 0 heterocycles. The average Bonchev–Trinajstić information content (AvgIpc) is 0. The minimum absolute atomic E-state index is 0. The summed E-state index contributed by atoms with van der Waals surface area (Å²) in [5.41, 5.74) is 0. The van der Waals surface area contributed by atoms with Gasteiger partial charge in [-0.05, 0) is 0 Å². The van der Waals surface area contributed by atoms with Gasteiger partial charge in [0.2, 0.25) is 0 Å². The summed E-state index contributed by atoms with van der Waals surface area (Å²) in [5, 5.41) is 0. The van der Waals surface area contributed by atoms with Gasteiger partial charge in [0.25, 0.3) is 0 Å². The first-order valence-corrected chi connectivity index (χ1v) is 0. The van der Waals surface area contributed by atoms with Gasteiger partial charge in [0.15, 0.2) is 0 Å². The van der Waals surface area contributed by atoms with Crippen LogP contribution in [0.4, 0.5) is 0 Å². The molecule has 4 heavy (non-hydrogen) atoms. The maximum Gasteiger partial charge on any atom is 2.00 e. The fourth-order valence-electron chi connectivity index (χ4n) is 0. The molecule has 0 fully saturated rings. The van der Waals surface area contributed by atoms with Crippen molar-refractivity contribution in [3.8, 4) is 0 Å². The summed E-state index contributed by atoms with van der Waals surface area (Å²) in [5.74, 6) is 0. The molecule has 0 N–H and O–H groups in total. The molecule has 0 aliphatic carbocycles. The minimum atomic E-state index is 0. The second-order valence-corrected chi connectivity index (χ2v) is 0. The SMILES string of the molecule is [Co+2].[Li+].[Mn+2].[O-2]. The van der Waals surface area contributed by atoms with Crippen LogP contribution in [0, 0.1) is 0 Å². The van der Waals surface area contributed by atoms with Crippen molar-refractivity contribution in [3.63, 3.8) is 0 Å². The maximum absolute atomic E-state index is 0. The number of rotatable bonds is 0. The topological polar surface area (TPSA) is 28.5 Å². The Bertz CT molecular complexity index is 8.00. The van der Waals surface area contributed by atoms with E-state index in [-0.39, 0.29) is 58.2 Å². The zero-order chi connectivity index (χ0) is 0. The van der Waals surface area contributed by atoms with Crippen molar-refractivity contribution >= 4 is 0 Å².